The topological polar surface area (TPSA) is 57.7 Å². The highest BCUT2D eigenvalue weighted by atomic mass is 32.2. The summed E-state index contributed by atoms with van der Waals surface area (Å²) in [4.78, 5) is 15.1. The van der Waals surface area contributed by atoms with Crippen LogP contribution in [0.5, 0.6) is 0 Å². The van der Waals surface area contributed by atoms with Crippen molar-refractivity contribution in [3.05, 3.63) is 64.7 Å². The Morgan fingerprint density at radius 1 is 1.09 bits per heavy atom. The molecule has 1 saturated heterocycles. The molecule has 1 aliphatic carbocycles. The molecule has 0 bridgehead atoms. The van der Waals surface area contributed by atoms with E-state index in [1.54, 1.807) is 24.0 Å². The molecule has 1 unspecified atom stereocenters. The SMILES string of the molecule is Cc1ccc(S(=O)(=O)N2CCCCC2C)cc1C(=O)N(Cc1ccc(F)cc1F)C1CC1. The van der Waals surface area contributed by atoms with Gasteiger partial charge in [-0.3, -0.25) is 4.79 Å². The second-order valence-corrected chi connectivity index (χ2v) is 10.7. The van der Waals surface area contributed by atoms with Crippen molar-refractivity contribution in [1.82, 2.24) is 9.21 Å². The zero-order valence-electron chi connectivity index (χ0n) is 18.4. The fraction of sp³-hybridized carbons (Fsp3) is 0.458. The summed E-state index contributed by atoms with van der Waals surface area (Å²) in [5.74, 6) is -1.70. The Bertz CT molecular complexity index is 1130. The fourth-order valence-corrected chi connectivity index (χ4v) is 6.02. The summed E-state index contributed by atoms with van der Waals surface area (Å²) in [5, 5.41) is 0. The Kier molecular flexibility index (Phi) is 6.36. The van der Waals surface area contributed by atoms with E-state index in [0.717, 1.165) is 38.2 Å². The van der Waals surface area contributed by atoms with E-state index in [1.807, 2.05) is 6.92 Å². The maximum Gasteiger partial charge on any atom is 0.254 e. The quantitative estimate of drug-likeness (QED) is 0.628. The van der Waals surface area contributed by atoms with E-state index >= 15 is 0 Å². The van der Waals surface area contributed by atoms with Gasteiger partial charge < -0.3 is 4.90 Å². The van der Waals surface area contributed by atoms with Crippen LogP contribution in [0, 0.1) is 18.6 Å². The maximum absolute atomic E-state index is 14.2. The number of carbonyl (C=O) groups is 1. The minimum absolute atomic E-state index is 0.00912. The van der Waals surface area contributed by atoms with Crippen LogP contribution in [0.25, 0.3) is 0 Å². The third-order valence-electron chi connectivity index (χ3n) is 6.39. The molecule has 5 nitrogen and oxygen atoms in total. The number of hydrogen-bond acceptors (Lipinski definition) is 3. The summed E-state index contributed by atoms with van der Waals surface area (Å²) < 4.78 is 55.6. The van der Waals surface area contributed by atoms with Crippen LogP contribution in [0.4, 0.5) is 8.78 Å². The highest BCUT2D eigenvalue weighted by Crippen LogP contribution is 2.32. The molecule has 0 N–H and O–H groups in total. The van der Waals surface area contributed by atoms with E-state index in [1.165, 1.54) is 22.5 Å². The Labute approximate surface area is 188 Å². The van der Waals surface area contributed by atoms with Crippen molar-refractivity contribution in [2.24, 2.45) is 0 Å². The molecule has 1 atom stereocenters. The Morgan fingerprint density at radius 2 is 1.84 bits per heavy atom. The molecule has 2 aromatic rings. The molecule has 4 rings (SSSR count). The molecule has 1 amide bonds. The van der Waals surface area contributed by atoms with Gasteiger partial charge in [0.25, 0.3) is 5.91 Å². The van der Waals surface area contributed by atoms with Gasteiger partial charge >= 0.3 is 0 Å². The molecule has 2 fully saturated rings. The van der Waals surface area contributed by atoms with E-state index in [9.17, 15) is 22.0 Å². The molecular weight excluding hydrogens is 434 g/mol. The second-order valence-electron chi connectivity index (χ2n) is 8.84. The first kappa shape index (κ1) is 22.9. The van der Waals surface area contributed by atoms with Gasteiger partial charge in [-0.05, 0) is 63.3 Å². The number of carbonyl (C=O) groups excluding carboxylic acids is 1. The van der Waals surface area contributed by atoms with E-state index in [4.69, 9.17) is 0 Å². The first-order valence-corrected chi connectivity index (χ1v) is 12.5. The average Bonchev–Trinajstić information content (AvgIpc) is 3.58. The van der Waals surface area contributed by atoms with Crippen molar-refractivity contribution in [2.45, 2.75) is 69.5 Å². The lowest BCUT2D eigenvalue weighted by Gasteiger charge is -2.32. The van der Waals surface area contributed by atoms with Gasteiger partial charge in [0.1, 0.15) is 11.6 Å². The third kappa shape index (κ3) is 4.57. The van der Waals surface area contributed by atoms with Gasteiger partial charge in [-0.15, -0.1) is 0 Å². The molecule has 8 heteroatoms. The second kappa shape index (κ2) is 8.90. The lowest BCUT2D eigenvalue weighted by atomic mass is 10.1. The summed E-state index contributed by atoms with van der Waals surface area (Å²) in [5.41, 5.74) is 1.19. The molecule has 0 radical (unpaired) electrons. The number of sulfonamides is 1. The monoisotopic (exact) mass is 462 g/mol. The zero-order chi connectivity index (χ0) is 23.0. The lowest BCUT2D eigenvalue weighted by Crippen LogP contribution is -2.42. The predicted molar refractivity (Wildman–Crippen MR) is 118 cm³/mol. The Morgan fingerprint density at radius 3 is 2.50 bits per heavy atom. The maximum atomic E-state index is 14.2. The number of piperidine rings is 1. The van der Waals surface area contributed by atoms with Gasteiger partial charge in [-0.25, -0.2) is 17.2 Å². The number of aryl methyl sites for hydroxylation is 1. The molecule has 2 aromatic carbocycles. The fourth-order valence-electron chi connectivity index (χ4n) is 4.30. The van der Waals surface area contributed by atoms with Crippen molar-refractivity contribution < 1.29 is 22.0 Å². The van der Waals surface area contributed by atoms with Crippen molar-refractivity contribution in [3.8, 4) is 0 Å². The third-order valence-corrected chi connectivity index (χ3v) is 8.40. The van der Waals surface area contributed by atoms with E-state index in [0.29, 0.717) is 17.7 Å². The number of rotatable bonds is 6. The van der Waals surface area contributed by atoms with Gasteiger partial charge in [-0.2, -0.15) is 4.31 Å². The van der Waals surface area contributed by atoms with Crippen molar-refractivity contribution in [1.29, 1.82) is 0 Å². The summed E-state index contributed by atoms with van der Waals surface area (Å²) in [6.07, 6.45) is 4.24. The zero-order valence-corrected chi connectivity index (χ0v) is 19.2. The van der Waals surface area contributed by atoms with Crippen LogP contribution < -0.4 is 0 Å². The highest BCUT2D eigenvalue weighted by molar-refractivity contribution is 7.89. The summed E-state index contributed by atoms with van der Waals surface area (Å²) in [6, 6.07) is 7.86. The first-order valence-electron chi connectivity index (χ1n) is 11.1. The van der Waals surface area contributed by atoms with E-state index in [-0.39, 0.29) is 35.0 Å². The van der Waals surface area contributed by atoms with E-state index < -0.39 is 21.7 Å². The van der Waals surface area contributed by atoms with Crippen molar-refractivity contribution in [2.75, 3.05) is 6.54 Å². The highest BCUT2D eigenvalue weighted by Gasteiger charge is 2.36. The van der Waals surface area contributed by atoms with Crippen LogP contribution >= 0.6 is 0 Å². The van der Waals surface area contributed by atoms with Crippen molar-refractivity contribution >= 4 is 15.9 Å². The first-order chi connectivity index (χ1) is 15.2. The van der Waals surface area contributed by atoms with Crippen LogP contribution in [-0.4, -0.2) is 42.2 Å². The summed E-state index contributed by atoms with van der Waals surface area (Å²) in [7, 11) is -3.72. The Hall–Kier alpha value is -2.32. The van der Waals surface area contributed by atoms with Crippen molar-refractivity contribution in [3.63, 3.8) is 0 Å². The average molecular weight is 463 g/mol. The molecule has 172 valence electrons. The van der Waals surface area contributed by atoms with E-state index in [2.05, 4.69) is 0 Å². The smallest absolute Gasteiger partial charge is 0.254 e. The molecule has 1 saturated carbocycles. The molecule has 1 aliphatic heterocycles. The van der Waals surface area contributed by atoms with Crippen LogP contribution in [0.1, 0.15) is 60.5 Å². The summed E-state index contributed by atoms with van der Waals surface area (Å²) >= 11 is 0. The number of nitrogens with zero attached hydrogens (tertiary/aromatic N) is 2. The normalized spacial score (nSPS) is 19.7. The minimum atomic E-state index is -3.72. The van der Waals surface area contributed by atoms with Gasteiger partial charge in [0.05, 0.1) is 4.90 Å². The van der Waals surface area contributed by atoms with Gasteiger partial charge in [-0.1, -0.05) is 18.6 Å². The predicted octanol–water partition coefficient (Wildman–Crippen LogP) is 4.64. The number of benzene rings is 2. The van der Waals surface area contributed by atoms with Crippen LogP contribution in [0.15, 0.2) is 41.3 Å². The molecule has 2 aliphatic rings. The summed E-state index contributed by atoms with van der Waals surface area (Å²) in [6.45, 7) is 4.15. The van der Waals surface area contributed by atoms with Gasteiger partial charge in [0.15, 0.2) is 0 Å². The number of amides is 1. The van der Waals surface area contributed by atoms with Crippen LogP contribution in [-0.2, 0) is 16.6 Å². The molecule has 0 aromatic heterocycles. The molecule has 1 heterocycles. The van der Waals surface area contributed by atoms with Gasteiger partial charge in [0, 0.05) is 42.4 Å². The Balaban J connectivity index is 1.65. The molecule has 0 spiro atoms. The van der Waals surface area contributed by atoms with Crippen LogP contribution in [0.3, 0.4) is 0 Å². The van der Waals surface area contributed by atoms with Crippen LogP contribution in [0.2, 0.25) is 0 Å². The van der Waals surface area contributed by atoms with Gasteiger partial charge in [0.2, 0.25) is 10.0 Å². The standard InChI is InChI=1S/C24H28F2N2O3S/c1-16-6-11-21(32(30,31)28-12-4-3-5-17(28)2)14-22(16)24(29)27(20-9-10-20)15-18-7-8-19(25)13-23(18)26/h6-8,11,13-14,17,20H,3-5,9-10,12,15H2,1-2H3. The lowest BCUT2D eigenvalue weighted by molar-refractivity contribution is 0.0727. The number of halogens is 2. The minimum Gasteiger partial charge on any atom is -0.331 e. The molecule has 32 heavy (non-hydrogen) atoms. The largest absolute Gasteiger partial charge is 0.331 e. The number of hydrogen-bond donors (Lipinski definition) is 0. The molecular formula is C24H28F2N2O3S.